The maximum Gasteiger partial charge on any atom is 0.303 e. The van der Waals surface area contributed by atoms with Crippen molar-refractivity contribution >= 4 is 29.5 Å². The van der Waals surface area contributed by atoms with Gasteiger partial charge in [0.05, 0.1) is 5.75 Å². The van der Waals surface area contributed by atoms with Crippen LogP contribution in [0.3, 0.4) is 0 Å². The Hall–Kier alpha value is -1.24. The molecule has 0 aromatic rings. The summed E-state index contributed by atoms with van der Waals surface area (Å²) in [6.07, 6.45) is 0.789. The third-order valence-corrected chi connectivity index (χ3v) is 2.59. The Morgan fingerprint density at radius 1 is 1.25 bits per heavy atom. The number of primary amides is 1. The molecule has 0 spiro atoms. The van der Waals surface area contributed by atoms with Crippen LogP contribution in [-0.2, 0) is 14.4 Å². The van der Waals surface area contributed by atoms with Gasteiger partial charge in [-0.05, 0) is 6.42 Å². The van der Waals surface area contributed by atoms with Crippen molar-refractivity contribution < 1.29 is 19.5 Å². The van der Waals surface area contributed by atoms with Crippen LogP contribution >= 0.6 is 11.8 Å². The molecule has 16 heavy (non-hydrogen) atoms. The first-order valence-corrected chi connectivity index (χ1v) is 6.02. The van der Waals surface area contributed by atoms with Crippen molar-refractivity contribution in [1.29, 1.82) is 0 Å². The predicted octanol–water partition coefficient (Wildman–Crippen LogP) is -0.424. The number of hydrogen-bond donors (Lipinski definition) is 3. The number of nitrogens with two attached hydrogens (primary N) is 1. The zero-order valence-corrected chi connectivity index (χ0v) is 9.72. The fourth-order valence-corrected chi connectivity index (χ4v) is 1.57. The summed E-state index contributed by atoms with van der Waals surface area (Å²) < 4.78 is 0. The summed E-state index contributed by atoms with van der Waals surface area (Å²) >= 11 is 1.30. The monoisotopic (exact) mass is 248 g/mol. The van der Waals surface area contributed by atoms with Gasteiger partial charge in [0.15, 0.2) is 0 Å². The Labute approximate surface area is 98.0 Å². The van der Waals surface area contributed by atoms with Crippen LogP contribution in [0, 0.1) is 0 Å². The van der Waals surface area contributed by atoms with E-state index in [1.165, 1.54) is 11.8 Å². The SMILES string of the molecule is NC(=O)CSCCC(=O)NCCCC(=O)O. The second kappa shape index (κ2) is 9.02. The first-order chi connectivity index (χ1) is 7.52. The second-order valence-electron chi connectivity index (χ2n) is 3.12. The van der Waals surface area contributed by atoms with Crippen LogP contribution in [-0.4, -0.2) is 40.9 Å². The average molecular weight is 248 g/mol. The number of carbonyl (C=O) groups is 3. The van der Waals surface area contributed by atoms with Crippen molar-refractivity contribution in [2.75, 3.05) is 18.1 Å². The van der Waals surface area contributed by atoms with E-state index in [4.69, 9.17) is 10.8 Å². The number of thioether (sulfide) groups is 1. The van der Waals surface area contributed by atoms with E-state index >= 15 is 0 Å². The molecule has 0 fully saturated rings. The zero-order valence-electron chi connectivity index (χ0n) is 8.90. The van der Waals surface area contributed by atoms with Gasteiger partial charge in [0.25, 0.3) is 0 Å². The van der Waals surface area contributed by atoms with Crippen molar-refractivity contribution in [2.45, 2.75) is 19.3 Å². The quantitative estimate of drug-likeness (QED) is 0.480. The Morgan fingerprint density at radius 3 is 2.50 bits per heavy atom. The van der Waals surface area contributed by atoms with Gasteiger partial charge in [-0.3, -0.25) is 14.4 Å². The molecular weight excluding hydrogens is 232 g/mol. The Morgan fingerprint density at radius 2 is 1.94 bits per heavy atom. The van der Waals surface area contributed by atoms with Gasteiger partial charge in [-0.25, -0.2) is 0 Å². The molecule has 0 aromatic carbocycles. The molecule has 7 heteroatoms. The minimum Gasteiger partial charge on any atom is -0.481 e. The molecule has 92 valence electrons. The number of aliphatic carboxylic acids is 1. The molecule has 4 N–H and O–H groups in total. The molecule has 0 aliphatic rings. The summed E-state index contributed by atoms with van der Waals surface area (Å²) in [5, 5.41) is 10.9. The lowest BCUT2D eigenvalue weighted by Gasteiger charge is -2.03. The summed E-state index contributed by atoms with van der Waals surface area (Å²) in [4.78, 5) is 31.7. The number of carboxylic acid groups (broad SMARTS) is 1. The highest BCUT2D eigenvalue weighted by atomic mass is 32.2. The minimum atomic E-state index is -0.869. The molecular formula is C9H16N2O4S. The predicted molar refractivity (Wildman–Crippen MR) is 61.0 cm³/mol. The molecule has 6 nitrogen and oxygen atoms in total. The molecule has 2 amide bonds. The summed E-state index contributed by atoms with van der Waals surface area (Å²) in [6.45, 7) is 0.367. The number of amides is 2. The van der Waals surface area contributed by atoms with E-state index in [0.717, 1.165) is 0 Å². The lowest BCUT2D eigenvalue weighted by Crippen LogP contribution is -2.25. The van der Waals surface area contributed by atoms with Crippen LogP contribution in [0.4, 0.5) is 0 Å². The Bertz CT molecular complexity index is 234. The first kappa shape index (κ1) is 14.8. The van der Waals surface area contributed by atoms with E-state index < -0.39 is 11.9 Å². The highest BCUT2D eigenvalue weighted by molar-refractivity contribution is 7.99. The summed E-state index contributed by atoms with van der Waals surface area (Å²) in [7, 11) is 0. The largest absolute Gasteiger partial charge is 0.481 e. The highest BCUT2D eigenvalue weighted by Gasteiger charge is 2.02. The minimum absolute atomic E-state index is 0.0523. The van der Waals surface area contributed by atoms with Crippen LogP contribution in [0.25, 0.3) is 0 Å². The molecule has 0 bridgehead atoms. The van der Waals surface area contributed by atoms with E-state index in [0.29, 0.717) is 25.1 Å². The Kier molecular flexibility index (Phi) is 8.32. The normalized spacial score (nSPS) is 9.75. The van der Waals surface area contributed by atoms with Crippen LogP contribution in [0.2, 0.25) is 0 Å². The average Bonchev–Trinajstić information content (AvgIpc) is 2.19. The molecule has 0 saturated carbocycles. The van der Waals surface area contributed by atoms with E-state index in [1.807, 2.05) is 0 Å². The summed E-state index contributed by atoms with van der Waals surface area (Å²) in [5.41, 5.74) is 4.92. The zero-order chi connectivity index (χ0) is 12.4. The van der Waals surface area contributed by atoms with E-state index in [1.54, 1.807) is 0 Å². The summed E-state index contributed by atoms with van der Waals surface area (Å²) in [5.74, 6) is -0.652. The third kappa shape index (κ3) is 10.8. The van der Waals surface area contributed by atoms with Gasteiger partial charge in [0.2, 0.25) is 11.8 Å². The number of hydrogen-bond acceptors (Lipinski definition) is 4. The highest BCUT2D eigenvalue weighted by Crippen LogP contribution is 2.00. The molecule has 0 aromatic heterocycles. The van der Waals surface area contributed by atoms with Crippen molar-refractivity contribution in [3.05, 3.63) is 0 Å². The van der Waals surface area contributed by atoms with Crippen LogP contribution in [0.15, 0.2) is 0 Å². The van der Waals surface area contributed by atoms with Crippen LogP contribution < -0.4 is 11.1 Å². The second-order valence-corrected chi connectivity index (χ2v) is 4.22. The molecule has 0 radical (unpaired) electrons. The molecule has 0 saturated heterocycles. The van der Waals surface area contributed by atoms with Crippen molar-refractivity contribution in [3.63, 3.8) is 0 Å². The van der Waals surface area contributed by atoms with Gasteiger partial charge >= 0.3 is 5.97 Å². The van der Waals surface area contributed by atoms with Crippen LogP contribution in [0.1, 0.15) is 19.3 Å². The number of nitrogens with one attached hydrogen (secondary N) is 1. The van der Waals surface area contributed by atoms with Crippen LogP contribution in [0.5, 0.6) is 0 Å². The van der Waals surface area contributed by atoms with Gasteiger partial charge in [0.1, 0.15) is 0 Å². The topological polar surface area (TPSA) is 109 Å². The number of rotatable bonds is 9. The number of carboxylic acids is 1. The first-order valence-electron chi connectivity index (χ1n) is 4.87. The van der Waals surface area contributed by atoms with Gasteiger partial charge in [0, 0.05) is 25.1 Å². The number of carbonyl (C=O) groups excluding carboxylic acids is 2. The van der Waals surface area contributed by atoms with Gasteiger partial charge in [-0.2, -0.15) is 11.8 Å². The lowest BCUT2D eigenvalue weighted by molar-refractivity contribution is -0.137. The van der Waals surface area contributed by atoms with E-state index in [9.17, 15) is 14.4 Å². The smallest absolute Gasteiger partial charge is 0.303 e. The maximum absolute atomic E-state index is 11.1. The molecule has 0 aliphatic carbocycles. The van der Waals surface area contributed by atoms with Crippen molar-refractivity contribution in [1.82, 2.24) is 5.32 Å². The molecule has 0 atom stereocenters. The van der Waals surface area contributed by atoms with E-state index in [2.05, 4.69) is 5.32 Å². The lowest BCUT2D eigenvalue weighted by atomic mass is 10.3. The van der Waals surface area contributed by atoms with Gasteiger partial charge < -0.3 is 16.2 Å². The fraction of sp³-hybridized carbons (Fsp3) is 0.667. The summed E-state index contributed by atoms with van der Waals surface area (Å²) in [6, 6.07) is 0. The van der Waals surface area contributed by atoms with Gasteiger partial charge in [-0.15, -0.1) is 0 Å². The molecule has 0 heterocycles. The molecule has 0 aliphatic heterocycles. The fourth-order valence-electron chi connectivity index (χ4n) is 0.893. The third-order valence-electron chi connectivity index (χ3n) is 1.61. The molecule has 0 unspecified atom stereocenters. The maximum atomic E-state index is 11.1. The van der Waals surface area contributed by atoms with Gasteiger partial charge in [-0.1, -0.05) is 0 Å². The molecule has 0 rings (SSSR count). The standard InChI is InChI=1S/C9H16N2O4S/c10-7(12)6-16-5-3-8(13)11-4-1-2-9(14)15/h1-6H2,(H2,10,12)(H,11,13)(H,14,15). The van der Waals surface area contributed by atoms with E-state index in [-0.39, 0.29) is 18.1 Å². The van der Waals surface area contributed by atoms with Crippen molar-refractivity contribution in [2.24, 2.45) is 5.73 Å². The Balaban J connectivity index is 3.31. The van der Waals surface area contributed by atoms with Crippen molar-refractivity contribution in [3.8, 4) is 0 Å².